The normalized spacial score (nSPS) is 21.0. The molecule has 0 spiro atoms. The van der Waals surface area contributed by atoms with Crippen LogP contribution in [0.1, 0.15) is 38.8 Å². The van der Waals surface area contributed by atoms with Gasteiger partial charge in [-0.3, -0.25) is 14.9 Å². The number of benzene rings is 1. The maximum atomic E-state index is 11.4. The van der Waals surface area contributed by atoms with Gasteiger partial charge in [-0.25, -0.2) is 0 Å². The summed E-state index contributed by atoms with van der Waals surface area (Å²) in [5, 5.41) is 19.0. The first kappa shape index (κ1) is 16.1. The van der Waals surface area contributed by atoms with Gasteiger partial charge in [0.25, 0.3) is 11.6 Å². The fourth-order valence-electron chi connectivity index (χ4n) is 2.77. The van der Waals surface area contributed by atoms with Crippen molar-refractivity contribution in [1.82, 2.24) is 0 Å². The molecule has 7 nitrogen and oxygen atoms in total. The van der Waals surface area contributed by atoms with E-state index in [-0.39, 0.29) is 28.5 Å². The van der Waals surface area contributed by atoms with E-state index in [0.717, 1.165) is 5.56 Å². The number of hydrogen-bond donors (Lipinski definition) is 0. The van der Waals surface area contributed by atoms with E-state index < -0.39 is 0 Å². The molecule has 0 radical (unpaired) electrons. The van der Waals surface area contributed by atoms with Crippen molar-refractivity contribution in [3.63, 3.8) is 0 Å². The van der Waals surface area contributed by atoms with E-state index in [9.17, 15) is 14.9 Å². The zero-order chi connectivity index (χ0) is 16.3. The average Bonchev–Trinajstić information content (AvgIpc) is 2.49. The number of hydrogen-bond acceptors (Lipinski definition) is 5. The van der Waals surface area contributed by atoms with Crippen molar-refractivity contribution in [2.45, 2.75) is 33.2 Å². The van der Waals surface area contributed by atoms with Crippen LogP contribution in [0.5, 0.6) is 0 Å². The summed E-state index contributed by atoms with van der Waals surface area (Å²) in [4.78, 5) is 24.2. The number of nitro benzene ring substituents is 1. The number of nitrogens with zero attached hydrogens (tertiary/aromatic N) is 4. The molecule has 1 aromatic rings. The molecule has 118 valence electrons. The predicted octanol–water partition coefficient (Wildman–Crippen LogP) is 3.50. The lowest BCUT2D eigenvalue weighted by atomic mass is 9.91. The average molecular weight is 304 g/mol. The number of rotatable bonds is 5. The number of carbonyl (C=O) groups is 1. The van der Waals surface area contributed by atoms with Crippen molar-refractivity contribution >= 4 is 17.3 Å². The van der Waals surface area contributed by atoms with Gasteiger partial charge in [-0.1, -0.05) is 13.0 Å². The fourth-order valence-corrected chi connectivity index (χ4v) is 2.77. The minimum absolute atomic E-state index is 0.0103. The summed E-state index contributed by atoms with van der Waals surface area (Å²) in [6, 6.07) is 4.86. The lowest BCUT2D eigenvalue weighted by Gasteiger charge is -2.24. The standard InChI is InChI=1S/C15H20N4O3/c1-4-18(5-2)12-7-6-11(9-13(12)19(21)22)15-10(3)8-14(20)16-17-15/h6-7,9-10,15H,4-5,8H2,1-3H3/t10-,15?/m1/s1. The van der Waals surface area contributed by atoms with Gasteiger partial charge in [0.05, 0.1) is 11.0 Å². The van der Waals surface area contributed by atoms with Crippen LogP contribution < -0.4 is 4.90 Å². The van der Waals surface area contributed by atoms with E-state index in [2.05, 4.69) is 10.2 Å². The number of carbonyl (C=O) groups excluding carboxylic acids is 1. The molecular weight excluding hydrogens is 284 g/mol. The summed E-state index contributed by atoms with van der Waals surface area (Å²) in [7, 11) is 0. The summed E-state index contributed by atoms with van der Waals surface area (Å²) in [5.74, 6) is -0.248. The summed E-state index contributed by atoms with van der Waals surface area (Å²) in [5.41, 5.74) is 1.40. The molecule has 1 aromatic carbocycles. The molecule has 0 saturated heterocycles. The van der Waals surface area contributed by atoms with E-state index in [1.165, 1.54) is 0 Å². The van der Waals surface area contributed by atoms with Crippen molar-refractivity contribution in [2.24, 2.45) is 16.1 Å². The van der Waals surface area contributed by atoms with Gasteiger partial charge in [-0.15, -0.1) is 5.11 Å². The smallest absolute Gasteiger partial charge is 0.292 e. The minimum atomic E-state index is -0.368. The summed E-state index contributed by atoms with van der Waals surface area (Å²) in [6.07, 6.45) is 0.319. The monoisotopic (exact) mass is 304 g/mol. The van der Waals surface area contributed by atoms with Crippen LogP contribution in [0, 0.1) is 16.0 Å². The highest BCUT2D eigenvalue weighted by molar-refractivity contribution is 5.77. The van der Waals surface area contributed by atoms with Crippen molar-refractivity contribution in [3.8, 4) is 0 Å². The molecular formula is C15H20N4O3. The van der Waals surface area contributed by atoms with Crippen molar-refractivity contribution in [3.05, 3.63) is 33.9 Å². The zero-order valence-corrected chi connectivity index (χ0v) is 13.0. The lowest BCUT2D eigenvalue weighted by molar-refractivity contribution is -0.384. The van der Waals surface area contributed by atoms with Crippen LogP contribution in [-0.2, 0) is 4.79 Å². The van der Waals surface area contributed by atoms with Gasteiger partial charge in [0.15, 0.2) is 0 Å². The predicted molar refractivity (Wildman–Crippen MR) is 83.0 cm³/mol. The van der Waals surface area contributed by atoms with Crippen LogP contribution in [0.3, 0.4) is 0 Å². The Bertz CT molecular complexity index is 611. The van der Waals surface area contributed by atoms with Crippen molar-refractivity contribution in [1.29, 1.82) is 0 Å². The molecule has 0 fully saturated rings. The topological polar surface area (TPSA) is 88.2 Å². The highest BCUT2D eigenvalue weighted by atomic mass is 16.6. The van der Waals surface area contributed by atoms with Gasteiger partial charge in [0.1, 0.15) is 5.69 Å². The van der Waals surface area contributed by atoms with Crippen LogP contribution in [-0.4, -0.2) is 23.9 Å². The van der Waals surface area contributed by atoms with Gasteiger partial charge < -0.3 is 4.90 Å². The Balaban J connectivity index is 2.43. The Kier molecular flexibility index (Phi) is 4.85. The Morgan fingerprint density at radius 1 is 1.36 bits per heavy atom. The molecule has 0 N–H and O–H groups in total. The molecule has 1 aliphatic heterocycles. The molecule has 2 atom stereocenters. The molecule has 0 bridgehead atoms. The largest absolute Gasteiger partial charge is 0.367 e. The molecule has 1 heterocycles. The second-order valence-electron chi connectivity index (χ2n) is 5.41. The molecule has 2 rings (SSSR count). The second-order valence-corrected chi connectivity index (χ2v) is 5.41. The minimum Gasteiger partial charge on any atom is -0.367 e. The quantitative estimate of drug-likeness (QED) is 0.615. The first-order valence-corrected chi connectivity index (χ1v) is 7.44. The third-order valence-electron chi connectivity index (χ3n) is 3.97. The zero-order valence-electron chi connectivity index (χ0n) is 13.0. The SMILES string of the molecule is CCN(CC)c1ccc(C2N=NC(=O)C[C@H]2C)cc1[N+](=O)[O-]. The number of amides is 1. The van der Waals surface area contributed by atoms with E-state index in [4.69, 9.17) is 0 Å². The van der Waals surface area contributed by atoms with Gasteiger partial charge >= 0.3 is 0 Å². The van der Waals surface area contributed by atoms with Crippen LogP contribution in [0.25, 0.3) is 0 Å². The highest BCUT2D eigenvalue weighted by Gasteiger charge is 2.28. The molecule has 0 aliphatic carbocycles. The molecule has 7 heteroatoms. The van der Waals surface area contributed by atoms with E-state index >= 15 is 0 Å². The maximum absolute atomic E-state index is 11.4. The highest BCUT2D eigenvalue weighted by Crippen LogP contribution is 2.37. The fraction of sp³-hybridized carbons (Fsp3) is 0.533. The Labute approximate surface area is 129 Å². The molecule has 1 unspecified atom stereocenters. The summed E-state index contributed by atoms with van der Waals surface area (Å²) in [6.45, 7) is 7.23. The van der Waals surface area contributed by atoms with Gasteiger partial charge in [0.2, 0.25) is 0 Å². The first-order chi connectivity index (χ1) is 10.5. The lowest BCUT2D eigenvalue weighted by Crippen LogP contribution is -2.23. The van der Waals surface area contributed by atoms with Gasteiger partial charge in [0, 0.05) is 25.6 Å². The number of nitro groups is 1. The van der Waals surface area contributed by atoms with E-state index in [1.807, 2.05) is 31.7 Å². The van der Waals surface area contributed by atoms with E-state index in [1.54, 1.807) is 12.1 Å². The van der Waals surface area contributed by atoms with Gasteiger partial charge in [-0.2, -0.15) is 5.11 Å². The van der Waals surface area contributed by atoms with Crippen LogP contribution in [0.2, 0.25) is 0 Å². The summed E-state index contributed by atoms with van der Waals surface area (Å²) >= 11 is 0. The van der Waals surface area contributed by atoms with Crippen LogP contribution in [0.15, 0.2) is 28.4 Å². The Hall–Kier alpha value is -2.31. The number of azo groups is 1. The molecule has 22 heavy (non-hydrogen) atoms. The third kappa shape index (κ3) is 3.13. The second kappa shape index (κ2) is 6.64. The Morgan fingerprint density at radius 3 is 2.59 bits per heavy atom. The van der Waals surface area contributed by atoms with Crippen LogP contribution in [0.4, 0.5) is 11.4 Å². The molecule has 1 aliphatic rings. The van der Waals surface area contributed by atoms with Crippen molar-refractivity contribution in [2.75, 3.05) is 18.0 Å². The maximum Gasteiger partial charge on any atom is 0.292 e. The van der Waals surface area contributed by atoms with Gasteiger partial charge in [-0.05, 0) is 31.4 Å². The third-order valence-corrected chi connectivity index (χ3v) is 3.97. The first-order valence-electron chi connectivity index (χ1n) is 7.44. The Morgan fingerprint density at radius 2 is 2.05 bits per heavy atom. The van der Waals surface area contributed by atoms with Crippen LogP contribution >= 0.6 is 0 Å². The molecule has 0 aromatic heterocycles. The summed E-state index contributed by atoms with van der Waals surface area (Å²) < 4.78 is 0. The number of anilines is 1. The molecule has 1 amide bonds. The molecule has 0 saturated carbocycles. The van der Waals surface area contributed by atoms with Crippen molar-refractivity contribution < 1.29 is 9.72 Å². The van der Waals surface area contributed by atoms with E-state index in [0.29, 0.717) is 25.2 Å².